The lowest BCUT2D eigenvalue weighted by molar-refractivity contribution is 0.719. The van der Waals surface area contributed by atoms with Gasteiger partial charge in [-0.3, -0.25) is 0 Å². The minimum atomic E-state index is 0.467. The third kappa shape index (κ3) is 2.35. The smallest absolute Gasteiger partial charge is 0.0637 e. The molecule has 1 aromatic heterocycles. The maximum absolute atomic E-state index is 3.70. The number of aromatic nitrogens is 1. The average molecular weight is 374 g/mol. The SMILES string of the molecule is CC1CC=Cc2c3c(n(-c4ccccc4)c21)-c1ccccc1Nc1ccccc1-3. The number of rotatable bonds is 1. The Bertz CT molecular complexity index is 1260. The van der Waals surface area contributed by atoms with E-state index in [1.165, 1.54) is 45.0 Å². The Morgan fingerprint density at radius 3 is 2.24 bits per heavy atom. The van der Waals surface area contributed by atoms with E-state index in [0.717, 1.165) is 12.1 Å². The van der Waals surface area contributed by atoms with Gasteiger partial charge in [-0.2, -0.15) is 0 Å². The summed E-state index contributed by atoms with van der Waals surface area (Å²) in [6, 6.07) is 28.1. The van der Waals surface area contributed by atoms with Gasteiger partial charge >= 0.3 is 0 Å². The number of para-hydroxylation sites is 3. The van der Waals surface area contributed by atoms with Gasteiger partial charge in [-0.1, -0.05) is 73.7 Å². The molecule has 1 atom stereocenters. The minimum Gasteiger partial charge on any atom is -0.354 e. The van der Waals surface area contributed by atoms with Crippen molar-refractivity contribution in [1.29, 1.82) is 0 Å². The topological polar surface area (TPSA) is 17.0 Å². The Hall–Kier alpha value is -3.52. The van der Waals surface area contributed by atoms with Gasteiger partial charge in [0.05, 0.1) is 5.69 Å². The summed E-state index contributed by atoms with van der Waals surface area (Å²) < 4.78 is 2.50. The predicted molar refractivity (Wildman–Crippen MR) is 122 cm³/mol. The van der Waals surface area contributed by atoms with Crippen LogP contribution in [0.15, 0.2) is 84.9 Å². The Morgan fingerprint density at radius 2 is 1.45 bits per heavy atom. The fourth-order valence-corrected chi connectivity index (χ4v) is 4.89. The molecule has 3 aromatic carbocycles. The van der Waals surface area contributed by atoms with E-state index >= 15 is 0 Å². The lowest BCUT2D eigenvalue weighted by Gasteiger charge is -2.21. The Morgan fingerprint density at radius 1 is 0.793 bits per heavy atom. The van der Waals surface area contributed by atoms with Gasteiger partial charge in [-0.25, -0.2) is 0 Å². The summed E-state index contributed by atoms with van der Waals surface area (Å²) in [6.45, 7) is 2.34. The molecule has 1 aliphatic heterocycles. The molecule has 6 rings (SSSR count). The molecule has 0 bridgehead atoms. The molecule has 0 amide bonds. The van der Waals surface area contributed by atoms with Crippen LogP contribution < -0.4 is 5.32 Å². The molecular weight excluding hydrogens is 352 g/mol. The van der Waals surface area contributed by atoms with E-state index in [1.807, 2.05) is 0 Å². The van der Waals surface area contributed by atoms with E-state index in [4.69, 9.17) is 0 Å². The zero-order valence-corrected chi connectivity index (χ0v) is 16.4. The Labute approximate surface area is 171 Å². The maximum atomic E-state index is 3.70. The van der Waals surface area contributed by atoms with Crippen LogP contribution in [0.3, 0.4) is 0 Å². The summed E-state index contributed by atoms with van der Waals surface area (Å²) in [5.74, 6) is 0.467. The van der Waals surface area contributed by atoms with Crippen LogP contribution in [0.25, 0.3) is 34.1 Å². The molecule has 2 heteroatoms. The van der Waals surface area contributed by atoms with Crippen molar-refractivity contribution >= 4 is 17.5 Å². The number of benzene rings is 3. The van der Waals surface area contributed by atoms with Crippen LogP contribution in [0.5, 0.6) is 0 Å². The van der Waals surface area contributed by atoms with Gasteiger partial charge in [0, 0.05) is 50.9 Å². The van der Waals surface area contributed by atoms with Crippen LogP contribution in [0.2, 0.25) is 0 Å². The minimum absolute atomic E-state index is 0.467. The van der Waals surface area contributed by atoms with E-state index in [9.17, 15) is 0 Å². The molecule has 0 fully saturated rings. The lowest BCUT2D eigenvalue weighted by Crippen LogP contribution is -2.08. The number of hydrogen-bond acceptors (Lipinski definition) is 1. The number of nitrogens with zero attached hydrogens (tertiary/aromatic N) is 1. The second-order valence-electron chi connectivity index (χ2n) is 7.95. The Kier molecular flexibility index (Phi) is 3.54. The molecule has 4 aromatic rings. The van der Waals surface area contributed by atoms with Crippen LogP contribution in [0.4, 0.5) is 11.4 Å². The zero-order chi connectivity index (χ0) is 19.4. The van der Waals surface area contributed by atoms with Gasteiger partial charge in [0.25, 0.3) is 0 Å². The van der Waals surface area contributed by atoms with Crippen LogP contribution in [0.1, 0.15) is 30.5 Å². The summed E-state index contributed by atoms with van der Waals surface area (Å²) in [4.78, 5) is 0. The molecule has 2 aliphatic rings. The number of fused-ring (bicyclic) bond motifs is 7. The molecule has 1 N–H and O–H groups in total. The molecule has 0 saturated carbocycles. The highest BCUT2D eigenvalue weighted by Gasteiger charge is 2.32. The summed E-state index contributed by atoms with van der Waals surface area (Å²) in [5.41, 5.74) is 11.4. The van der Waals surface area contributed by atoms with Gasteiger partial charge in [-0.05, 0) is 30.7 Å². The molecule has 1 unspecified atom stereocenters. The highest BCUT2D eigenvalue weighted by molar-refractivity contribution is 6.02. The molecule has 2 nitrogen and oxygen atoms in total. The van der Waals surface area contributed by atoms with Crippen LogP contribution >= 0.6 is 0 Å². The van der Waals surface area contributed by atoms with Gasteiger partial charge in [0.15, 0.2) is 0 Å². The van der Waals surface area contributed by atoms with E-state index in [1.54, 1.807) is 0 Å². The molecular formula is C27H22N2. The lowest BCUT2D eigenvalue weighted by atomic mass is 9.89. The first kappa shape index (κ1) is 16.4. The van der Waals surface area contributed by atoms with Gasteiger partial charge in [0.2, 0.25) is 0 Å². The number of nitrogens with one attached hydrogen (secondary N) is 1. The predicted octanol–water partition coefficient (Wildman–Crippen LogP) is 7.39. The van der Waals surface area contributed by atoms with E-state index in [2.05, 4.69) is 108 Å². The van der Waals surface area contributed by atoms with Crippen LogP contribution in [0, 0.1) is 0 Å². The summed E-state index contributed by atoms with van der Waals surface area (Å²) >= 11 is 0. The maximum Gasteiger partial charge on any atom is 0.0637 e. The fourth-order valence-electron chi connectivity index (χ4n) is 4.89. The molecule has 0 saturated heterocycles. The van der Waals surface area contributed by atoms with Crippen molar-refractivity contribution in [2.75, 3.05) is 5.32 Å². The first-order chi connectivity index (χ1) is 14.3. The Balaban J connectivity index is 1.83. The van der Waals surface area contributed by atoms with Crippen molar-refractivity contribution in [3.63, 3.8) is 0 Å². The largest absolute Gasteiger partial charge is 0.354 e. The third-order valence-corrected chi connectivity index (χ3v) is 6.15. The van der Waals surface area contributed by atoms with Crippen molar-refractivity contribution in [3.8, 4) is 28.1 Å². The van der Waals surface area contributed by atoms with Crippen molar-refractivity contribution < 1.29 is 0 Å². The summed E-state index contributed by atoms with van der Waals surface area (Å²) in [6.07, 6.45) is 5.73. The molecule has 0 radical (unpaired) electrons. The van der Waals surface area contributed by atoms with Gasteiger partial charge < -0.3 is 9.88 Å². The second kappa shape index (κ2) is 6.25. The molecule has 0 spiro atoms. The standard InChI is InChI=1S/C27H22N2/c1-18-10-9-15-22-25-20-13-5-7-16-23(20)28-24-17-8-6-14-21(24)27(25)29(26(18)22)19-11-3-2-4-12-19/h2-9,11-18,28H,10H2,1H3. The second-order valence-corrected chi connectivity index (χ2v) is 7.95. The highest BCUT2D eigenvalue weighted by Crippen LogP contribution is 2.51. The molecule has 1 aliphatic carbocycles. The summed E-state index contributed by atoms with van der Waals surface area (Å²) in [7, 11) is 0. The van der Waals surface area contributed by atoms with Crippen molar-refractivity contribution in [2.45, 2.75) is 19.3 Å². The number of hydrogen-bond donors (Lipinski definition) is 1. The van der Waals surface area contributed by atoms with Gasteiger partial charge in [0.1, 0.15) is 0 Å². The van der Waals surface area contributed by atoms with Crippen LogP contribution in [-0.2, 0) is 0 Å². The van der Waals surface area contributed by atoms with E-state index in [-0.39, 0.29) is 0 Å². The quantitative estimate of drug-likeness (QED) is 0.324. The molecule has 2 heterocycles. The number of anilines is 2. The fraction of sp³-hybridized carbons (Fsp3) is 0.111. The third-order valence-electron chi connectivity index (χ3n) is 6.15. The first-order valence-corrected chi connectivity index (χ1v) is 10.3. The van der Waals surface area contributed by atoms with E-state index < -0.39 is 0 Å². The first-order valence-electron chi connectivity index (χ1n) is 10.3. The molecule has 140 valence electrons. The highest BCUT2D eigenvalue weighted by atomic mass is 15.0. The van der Waals surface area contributed by atoms with Crippen molar-refractivity contribution in [1.82, 2.24) is 4.57 Å². The normalized spacial score (nSPS) is 16.1. The van der Waals surface area contributed by atoms with Crippen molar-refractivity contribution in [3.05, 3.63) is 96.2 Å². The zero-order valence-electron chi connectivity index (χ0n) is 16.4. The monoisotopic (exact) mass is 374 g/mol. The van der Waals surface area contributed by atoms with E-state index in [0.29, 0.717) is 5.92 Å². The number of allylic oxidation sites excluding steroid dienone is 1. The van der Waals surface area contributed by atoms with Crippen LogP contribution in [-0.4, -0.2) is 4.57 Å². The molecule has 29 heavy (non-hydrogen) atoms. The van der Waals surface area contributed by atoms with Gasteiger partial charge in [-0.15, -0.1) is 0 Å². The summed E-state index contributed by atoms with van der Waals surface area (Å²) in [5, 5.41) is 3.70. The van der Waals surface area contributed by atoms with Crippen molar-refractivity contribution in [2.24, 2.45) is 0 Å². The average Bonchev–Trinajstić information content (AvgIpc) is 3.04.